The van der Waals surface area contributed by atoms with Crippen LogP contribution in [0.5, 0.6) is 5.75 Å². The lowest BCUT2D eigenvalue weighted by Crippen LogP contribution is -2.22. The Balaban J connectivity index is 2.86. The van der Waals surface area contributed by atoms with Crippen molar-refractivity contribution in [3.05, 3.63) is 33.9 Å². The first kappa shape index (κ1) is 13.4. The van der Waals surface area contributed by atoms with Crippen molar-refractivity contribution >= 4 is 5.69 Å². The lowest BCUT2D eigenvalue weighted by atomic mass is 10.0. The summed E-state index contributed by atoms with van der Waals surface area (Å²) in [6.07, 6.45) is 2.69. The predicted molar refractivity (Wildman–Crippen MR) is 66.2 cm³/mol. The molecular weight excluding hydrogens is 220 g/mol. The molecular formula is C12H18N2O3. The van der Waals surface area contributed by atoms with E-state index in [1.54, 1.807) is 12.1 Å². The number of nitrogens with two attached hydrogens (primary N) is 1. The van der Waals surface area contributed by atoms with Gasteiger partial charge in [-0.15, -0.1) is 0 Å². The van der Waals surface area contributed by atoms with Gasteiger partial charge >= 0.3 is 5.69 Å². The minimum Gasteiger partial charge on any atom is -0.490 e. The van der Waals surface area contributed by atoms with Crippen LogP contribution in [0.15, 0.2) is 18.2 Å². The van der Waals surface area contributed by atoms with Crippen LogP contribution in [0.2, 0.25) is 0 Å². The molecule has 0 fully saturated rings. The summed E-state index contributed by atoms with van der Waals surface area (Å²) in [4.78, 5) is 10.3. The third-order valence-electron chi connectivity index (χ3n) is 2.60. The van der Waals surface area contributed by atoms with Crippen LogP contribution in [-0.4, -0.2) is 18.1 Å². The molecule has 17 heavy (non-hydrogen) atoms. The molecule has 0 aliphatic rings. The minimum atomic E-state index is -0.450. The number of rotatable bonds is 6. The fourth-order valence-corrected chi connectivity index (χ4v) is 1.78. The molecule has 0 heterocycles. The number of nitrogens with zero attached hydrogens (tertiary/aromatic N) is 1. The van der Waals surface area contributed by atoms with Crippen molar-refractivity contribution in [2.45, 2.75) is 32.2 Å². The Morgan fingerprint density at radius 2 is 2.24 bits per heavy atom. The van der Waals surface area contributed by atoms with E-state index in [0.717, 1.165) is 18.4 Å². The van der Waals surface area contributed by atoms with Crippen LogP contribution in [0, 0.1) is 10.1 Å². The van der Waals surface area contributed by atoms with E-state index in [1.807, 2.05) is 0 Å². The van der Waals surface area contributed by atoms with Gasteiger partial charge < -0.3 is 10.5 Å². The molecule has 1 aromatic rings. The smallest absolute Gasteiger partial charge is 0.310 e. The van der Waals surface area contributed by atoms with Gasteiger partial charge in [-0.25, -0.2) is 0 Å². The molecule has 0 amide bonds. The molecule has 0 bridgehead atoms. The van der Waals surface area contributed by atoms with E-state index in [4.69, 9.17) is 10.5 Å². The van der Waals surface area contributed by atoms with Crippen molar-refractivity contribution in [1.29, 1.82) is 0 Å². The molecule has 1 atom stereocenters. The van der Waals surface area contributed by atoms with Crippen molar-refractivity contribution < 1.29 is 9.66 Å². The summed E-state index contributed by atoms with van der Waals surface area (Å²) in [6.45, 7) is 2.08. The summed E-state index contributed by atoms with van der Waals surface area (Å²) >= 11 is 0. The molecule has 94 valence electrons. The molecule has 0 aliphatic heterocycles. The highest BCUT2D eigenvalue weighted by Gasteiger charge is 2.15. The Kier molecular flexibility index (Phi) is 4.90. The normalized spacial score (nSPS) is 12.2. The predicted octanol–water partition coefficient (Wildman–Crippen LogP) is 2.27. The quantitative estimate of drug-likeness (QED) is 0.609. The highest BCUT2D eigenvalue weighted by Crippen LogP contribution is 2.27. The van der Waals surface area contributed by atoms with Crippen LogP contribution in [0.4, 0.5) is 5.69 Å². The number of ether oxygens (including phenoxy) is 1. The van der Waals surface area contributed by atoms with E-state index < -0.39 is 4.92 Å². The van der Waals surface area contributed by atoms with Gasteiger partial charge in [-0.05, 0) is 24.5 Å². The summed E-state index contributed by atoms with van der Waals surface area (Å²) in [5.74, 6) is 0.288. The highest BCUT2D eigenvalue weighted by molar-refractivity contribution is 5.48. The van der Waals surface area contributed by atoms with E-state index in [9.17, 15) is 10.1 Å². The zero-order valence-electron chi connectivity index (χ0n) is 10.2. The fraction of sp³-hybridized carbons (Fsp3) is 0.500. The van der Waals surface area contributed by atoms with Crippen LogP contribution < -0.4 is 10.5 Å². The summed E-state index contributed by atoms with van der Waals surface area (Å²) in [7, 11) is 1.43. The Labute approximate surface area is 101 Å². The lowest BCUT2D eigenvalue weighted by Gasteiger charge is -2.11. The minimum absolute atomic E-state index is 0.0136. The molecule has 0 saturated heterocycles. The number of nitro benzene ring substituents is 1. The largest absolute Gasteiger partial charge is 0.490 e. The van der Waals surface area contributed by atoms with Gasteiger partial charge in [0.2, 0.25) is 0 Å². The lowest BCUT2D eigenvalue weighted by molar-refractivity contribution is -0.385. The maximum atomic E-state index is 10.7. The van der Waals surface area contributed by atoms with Crippen molar-refractivity contribution in [3.63, 3.8) is 0 Å². The van der Waals surface area contributed by atoms with Crippen LogP contribution >= 0.6 is 0 Å². The molecule has 0 radical (unpaired) electrons. The Morgan fingerprint density at radius 3 is 2.76 bits per heavy atom. The summed E-state index contributed by atoms with van der Waals surface area (Å²) in [5.41, 5.74) is 6.88. The third kappa shape index (κ3) is 3.71. The Hall–Kier alpha value is -1.62. The first-order valence-electron chi connectivity index (χ1n) is 5.65. The maximum absolute atomic E-state index is 10.7. The zero-order valence-corrected chi connectivity index (χ0v) is 10.2. The van der Waals surface area contributed by atoms with Gasteiger partial charge in [0.25, 0.3) is 0 Å². The molecule has 0 aliphatic carbocycles. The molecule has 2 N–H and O–H groups in total. The Bertz CT molecular complexity index is 393. The van der Waals surface area contributed by atoms with Crippen LogP contribution in [0.3, 0.4) is 0 Å². The molecule has 5 nitrogen and oxygen atoms in total. The number of benzene rings is 1. The van der Waals surface area contributed by atoms with E-state index in [1.165, 1.54) is 13.2 Å². The summed E-state index contributed by atoms with van der Waals surface area (Å²) in [5, 5.41) is 10.7. The van der Waals surface area contributed by atoms with Crippen molar-refractivity contribution in [1.82, 2.24) is 0 Å². The van der Waals surface area contributed by atoms with E-state index in [0.29, 0.717) is 6.42 Å². The summed E-state index contributed by atoms with van der Waals surface area (Å²) in [6, 6.07) is 4.97. The van der Waals surface area contributed by atoms with Gasteiger partial charge in [0, 0.05) is 12.1 Å². The van der Waals surface area contributed by atoms with E-state index in [-0.39, 0.29) is 17.5 Å². The molecule has 5 heteroatoms. The molecule has 1 rings (SSSR count). The molecule has 0 saturated carbocycles. The van der Waals surface area contributed by atoms with Gasteiger partial charge in [0.1, 0.15) is 0 Å². The number of nitro groups is 1. The first-order valence-corrected chi connectivity index (χ1v) is 5.65. The highest BCUT2D eigenvalue weighted by atomic mass is 16.6. The second-order valence-corrected chi connectivity index (χ2v) is 4.02. The fourth-order valence-electron chi connectivity index (χ4n) is 1.78. The topological polar surface area (TPSA) is 78.4 Å². The summed E-state index contributed by atoms with van der Waals surface area (Å²) < 4.78 is 5.01. The monoisotopic (exact) mass is 238 g/mol. The average molecular weight is 238 g/mol. The second kappa shape index (κ2) is 6.20. The molecule has 1 unspecified atom stereocenters. The van der Waals surface area contributed by atoms with Gasteiger partial charge in [-0.3, -0.25) is 10.1 Å². The van der Waals surface area contributed by atoms with Gasteiger partial charge in [0.05, 0.1) is 12.0 Å². The molecule has 0 spiro atoms. The maximum Gasteiger partial charge on any atom is 0.310 e. The SMILES string of the molecule is CCCC(N)Cc1ccc([N+](=O)[O-])c(OC)c1. The standard InChI is InChI=1S/C12H18N2O3/c1-3-4-10(13)7-9-5-6-11(14(15)16)12(8-9)17-2/h5-6,8,10H,3-4,7,13H2,1-2H3. The number of methoxy groups -OCH3 is 1. The van der Waals surface area contributed by atoms with Gasteiger partial charge in [-0.1, -0.05) is 19.4 Å². The zero-order chi connectivity index (χ0) is 12.8. The number of hydrogen-bond donors (Lipinski definition) is 1. The van der Waals surface area contributed by atoms with E-state index >= 15 is 0 Å². The third-order valence-corrected chi connectivity index (χ3v) is 2.60. The van der Waals surface area contributed by atoms with Crippen LogP contribution in [0.1, 0.15) is 25.3 Å². The molecule has 0 aromatic heterocycles. The number of hydrogen-bond acceptors (Lipinski definition) is 4. The van der Waals surface area contributed by atoms with Crippen LogP contribution in [-0.2, 0) is 6.42 Å². The molecule has 1 aromatic carbocycles. The second-order valence-electron chi connectivity index (χ2n) is 4.02. The van der Waals surface area contributed by atoms with Gasteiger partial charge in [-0.2, -0.15) is 0 Å². The van der Waals surface area contributed by atoms with Crippen molar-refractivity contribution in [3.8, 4) is 5.75 Å². The average Bonchev–Trinajstić information content (AvgIpc) is 2.28. The van der Waals surface area contributed by atoms with Crippen molar-refractivity contribution in [2.75, 3.05) is 7.11 Å². The van der Waals surface area contributed by atoms with Gasteiger partial charge in [0.15, 0.2) is 5.75 Å². The van der Waals surface area contributed by atoms with Crippen molar-refractivity contribution in [2.24, 2.45) is 5.73 Å². The first-order chi connectivity index (χ1) is 8.08. The van der Waals surface area contributed by atoms with Crippen LogP contribution in [0.25, 0.3) is 0 Å². The Morgan fingerprint density at radius 1 is 1.53 bits per heavy atom. The van der Waals surface area contributed by atoms with E-state index in [2.05, 4.69) is 6.92 Å².